The molecule has 37 heavy (non-hydrogen) atoms. The molecule has 6 aromatic rings. The number of benzene rings is 6. The lowest BCUT2D eigenvalue weighted by Gasteiger charge is -2.29. The van der Waals surface area contributed by atoms with Crippen LogP contribution >= 0.6 is 0 Å². The number of anilines is 2. The van der Waals surface area contributed by atoms with Gasteiger partial charge in [0.2, 0.25) is 0 Å². The summed E-state index contributed by atoms with van der Waals surface area (Å²) >= 11 is 0. The Kier molecular flexibility index (Phi) is 4.41. The zero-order valence-electron chi connectivity index (χ0n) is 20.4. The van der Waals surface area contributed by atoms with Crippen molar-refractivity contribution in [1.29, 1.82) is 0 Å². The molecular formula is C36H25N. The lowest BCUT2D eigenvalue weighted by atomic mass is 9.91. The van der Waals surface area contributed by atoms with Crippen LogP contribution in [0.4, 0.5) is 11.4 Å². The highest BCUT2D eigenvalue weighted by molar-refractivity contribution is 6.25. The minimum atomic E-state index is 0.310. The van der Waals surface area contributed by atoms with Crippen molar-refractivity contribution in [2.24, 2.45) is 0 Å². The Morgan fingerprint density at radius 2 is 1.08 bits per heavy atom. The summed E-state index contributed by atoms with van der Waals surface area (Å²) in [5.41, 5.74) is 6.44. The van der Waals surface area contributed by atoms with Gasteiger partial charge in [0.05, 0.1) is 6.04 Å². The second-order valence-corrected chi connectivity index (χ2v) is 10.1. The molecule has 2 aliphatic rings. The van der Waals surface area contributed by atoms with Crippen LogP contribution in [-0.2, 0) is 0 Å². The molecule has 6 aromatic carbocycles. The van der Waals surface area contributed by atoms with Crippen molar-refractivity contribution in [3.63, 3.8) is 0 Å². The number of rotatable bonds is 2. The molecule has 0 saturated carbocycles. The van der Waals surface area contributed by atoms with Gasteiger partial charge in [-0.2, -0.15) is 0 Å². The molecule has 174 valence electrons. The Balaban J connectivity index is 1.31. The largest absolute Gasteiger partial charge is 0.333 e. The third-order valence-corrected chi connectivity index (χ3v) is 8.16. The monoisotopic (exact) mass is 471 g/mol. The fraction of sp³-hybridized carbons (Fsp3) is 0.0556. The van der Waals surface area contributed by atoms with Crippen LogP contribution in [0.3, 0.4) is 0 Å². The fourth-order valence-electron chi connectivity index (χ4n) is 6.51. The van der Waals surface area contributed by atoms with Gasteiger partial charge in [-0.3, -0.25) is 0 Å². The van der Waals surface area contributed by atoms with Gasteiger partial charge in [0.25, 0.3) is 0 Å². The van der Waals surface area contributed by atoms with Crippen molar-refractivity contribution >= 4 is 43.7 Å². The Morgan fingerprint density at radius 3 is 1.86 bits per heavy atom. The van der Waals surface area contributed by atoms with Crippen molar-refractivity contribution in [1.82, 2.24) is 0 Å². The molecule has 0 fully saturated rings. The maximum Gasteiger partial charge on any atom is 0.0629 e. The molecule has 1 heteroatoms. The van der Waals surface area contributed by atoms with Crippen molar-refractivity contribution in [2.75, 3.05) is 4.90 Å². The van der Waals surface area contributed by atoms with Gasteiger partial charge in [0, 0.05) is 17.3 Å². The molecule has 0 amide bonds. The Morgan fingerprint density at radius 1 is 0.459 bits per heavy atom. The van der Waals surface area contributed by atoms with E-state index in [4.69, 9.17) is 0 Å². The summed E-state index contributed by atoms with van der Waals surface area (Å²) in [6.45, 7) is 0. The smallest absolute Gasteiger partial charge is 0.0629 e. The van der Waals surface area contributed by atoms with Gasteiger partial charge in [-0.15, -0.1) is 0 Å². The number of hydrogen-bond donors (Lipinski definition) is 0. The lowest BCUT2D eigenvalue weighted by Crippen LogP contribution is -2.28. The maximum atomic E-state index is 2.51. The first-order valence-corrected chi connectivity index (χ1v) is 13.0. The molecule has 0 saturated heterocycles. The average Bonchev–Trinajstić information content (AvgIpc) is 3.32. The van der Waals surface area contributed by atoms with Crippen LogP contribution in [0.2, 0.25) is 0 Å². The molecule has 1 aliphatic carbocycles. The first kappa shape index (κ1) is 20.6. The maximum absolute atomic E-state index is 2.51. The minimum Gasteiger partial charge on any atom is -0.333 e. The van der Waals surface area contributed by atoms with E-state index in [1.54, 1.807) is 0 Å². The molecule has 0 aromatic heterocycles. The standard InChI is InChI=1S/C36H25N/c1-2-14-29-27(12-1)28-13-3-4-15-30(28)34-23-25(20-21-31(29)34)24-10-9-11-26(22-24)37-35-18-7-5-16-32(35)33-17-6-8-19-36(33)37/h1-23,32,35H. The molecule has 2 atom stereocenters. The first-order chi connectivity index (χ1) is 18.4. The highest BCUT2D eigenvalue weighted by Crippen LogP contribution is 2.48. The summed E-state index contributed by atoms with van der Waals surface area (Å²) in [6, 6.07) is 42.7. The normalized spacial score (nSPS) is 18.0. The van der Waals surface area contributed by atoms with Crippen molar-refractivity contribution in [2.45, 2.75) is 12.0 Å². The van der Waals surface area contributed by atoms with Crippen LogP contribution < -0.4 is 4.90 Å². The highest BCUT2D eigenvalue weighted by atomic mass is 15.2. The van der Waals surface area contributed by atoms with Crippen LogP contribution in [0.15, 0.2) is 140 Å². The Hall–Kier alpha value is -4.62. The highest BCUT2D eigenvalue weighted by Gasteiger charge is 2.36. The predicted octanol–water partition coefficient (Wildman–Crippen LogP) is 9.54. The molecular weight excluding hydrogens is 446 g/mol. The summed E-state index contributed by atoms with van der Waals surface area (Å²) in [6.07, 6.45) is 9.04. The van der Waals surface area contributed by atoms with Gasteiger partial charge in [-0.1, -0.05) is 115 Å². The molecule has 1 aliphatic heterocycles. The van der Waals surface area contributed by atoms with E-state index in [2.05, 4.69) is 144 Å². The van der Waals surface area contributed by atoms with E-state index >= 15 is 0 Å². The third kappa shape index (κ3) is 3.04. The summed E-state index contributed by atoms with van der Waals surface area (Å²) in [5.74, 6) is 0.394. The summed E-state index contributed by atoms with van der Waals surface area (Å²) in [4.78, 5) is 2.51. The van der Waals surface area contributed by atoms with Crippen molar-refractivity contribution in [3.8, 4) is 11.1 Å². The Labute approximate surface area is 216 Å². The van der Waals surface area contributed by atoms with Crippen LogP contribution in [0.25, 0.3) is 43.4 Å². The summed E-state index contributed by atoms with van der Waals surface area (Å²) < 4.78 is 0. The molecule has 2 unspecified atom stereocenters. The molecule has 1 nitrogen and oxygen atoms in total. The van der Waals surface area contributed by atoms with Gasteiger partial charge in [0.1, 0.15) is 0 Å². The van der Waals surface area contributed by atoms with E-state index in [-0.39, 0.29) is 0 Å². The predicted molar refractivity (Wildman–Crippen MR) is 158 cm³/mol. The van der Waals surface area contributed by atoms with Gasteiger partial charge in [-0.05, 0) is 73.3 Å². The zero-order valence-corrected chi connectivity index (χ0v) is 20.4. The molecule has 0 spiro atoms. The van der Waals surface area contributed by atoms with E-state index in [1.165, 1.54) is 60.4 Å². The second-order valence-electron chi connectivity index (χ2n) is 10.1. The lowest BCUT2D eigenvalue weighted by molar-refractivity contribution is 0.745. The van der Waals surface area contributed by atoms with Crippen LogP contribution in [-0.4, -0.2) is 6.04 Å². The molecule has 0 bridgehead atoms. The van der Waals surface area contributed by atoms with Crippen LogP contribution in [0, 0.1) is 0 Å². The number of para-hydroxylation sites is 1. The quantitative estimate of drug-likeness (QED) is 0.227. The molecule has 8 rings (SSSR count). The van der Waals surface area contributed by atoms with Crippen LogP contribution in [0.5, 0.6) is 0 Å². The zero-order chi connectivity index (χ0) is 24.3. The SMILES string of the molecule is C1=CC2c3ccccc3N(c3cccc(-c4ccc5c6ccccc6c6ccccc6c5c4)c3)C2C=C1. The van der Waals surface area contributed by atoms with Gasteiger partial charge >= 0.3 is 0 Å². The summed E-state index contributed by atoms with van der Waals surface area (Å²) in [5, 5.41) is 7.87. The van der Waals surface area contributed by atoms with Crippen LogP contribution in [0.1, 0.15) is 11.5 Å². The number of nitrogens with zero attached hydrogens (tertiary/aromatic N) is 1. The topological polar surface area (TPSA) is 3.24 Å². The molecule has 0 radical (unpaired) electrons. The van der Waals surface area contributed by atoms with E-state index < -0.39 is 0 Å². The van der Waals surface area contributed by atoms with E-state index in [0.717, 1.165) is 0 Å². The number of allylic oxidation sites excluding steroid dienone is 2. The van der Waals surface area contributed by atoms with Gasteiger partial charge < -0.3 is 4.90 Å². The fourth-order valence-corrected chi connectivity index (χ4v) is 6.51. The van der Waals surface area contributed by atoms with E-state index in [1.807, 2.05) is 0 Å². The first-order valence-electron chi connectivity index (χ1n) is 13.0. The average molecular weight is 472 g/mol. The molecule has 1 heterocycles. The van der Waals surface area contributed by atoms with Gasteiger partial charge in [0.15, 0.2) is 0 Å². The summed E-state index contributed by atoms with van der Waals surface area (Å²) in [7, 11) is 0. The van der Waals surface area contributed by atoms with Crippen molar-refractivity contribution in [3.05, 3.63) is 145 Å². The minimum absolute atomic E-state index is 0.310. The second kappa shape index (κ2) is 7.94. The number of hydrogen-bond acceptors (Lipinski definition) is 1. The van der Waals surface area contributed by atoms with Gasteiger partial charge in [-0.25, -0.2) is 0 Å². The van der Waals surface area contributed by atoms with E-state index in [0.29, 0.717) is 12.0 Å². The Bertz CT molecular complexity index is 1870. The van der Waals surface area contributed by atoms with E-state index in [9.17, 15) is 0 Å². The van der Waals surface area contributed by atoms with Crippen molar-refractivity contribution < 1.29 is 0 Å². The molecule has 0 N–H and O–H groups in total. The third-order valence-electron chi connectivity index (χ3n) is 8.16. The number of fused-ring (bicyclic) bond motifs is 9.